The van der Waals surface area contributed by atoms with Gasteiger partial charge in [0.1, 0.15) is 0 Å². The van der Waals surface area contributed by atoms with Crippen LogP contribution < -0.4 is 5.73 Å². The van der Waals surface area contributed by atoms with E-state index in [0.717, 1.165) is 12.5 Å². The molecule has 0 amide bonds. The second-order valence-corrected chi connectivity index (χ2v) is 7.11. The Bertz CT molecular complexity index is 286. The Morgan fingerprint density at radius 2 is 2.24 bits per heavy atom. The minimum atomic E-state index is 0.327. The molecule has 3 aliphatic heterocycles. The fourth-order valence-electron chi connectivity index (χ4n) is 4.18. The highest BCUT2D eigenvalue weighted by molar-refractivity contribution is 7.99. The molecule has 17 heavy (non-hydrogen) atoms. The number of fused-ring (bicyclic) bond motifs is 2. The molecule has 3 nitrogen and oxygen atoms in total. The van der Waals surface area contributed by atoms with Crippen molar-refractivity contribution in [3.05, 3.63) is 0 Å². The molecule has 3 fully saturated rings. The van der Waals surface area contributed by atoms with E-state index >= 15 is 0 Å². The van der Waals surface area contributed by atoms with E-state index < -0.39 is 0 Å². The van der Waals surface area contributed by atoms with Crippen molar-refractivity contribution in [3.8, 4) is 0 Å². The van der Waals surface area contributed by atoms with E-state index in [9.17, 15) is 0 Å². The Kier molecular flexibility index (Phi) is 3.41. The molecule has 4 unspecified atom stereocenters. The van der Waals surface area contributed by atoms with E-state index in [2.05, 4.69) is 28.5 Å². The maximum absolute atomic E-state index is 6.25. The van der Waals surface area contributed by atoms with Crippen LogP contribution in [0.5, 0.6) is 0 Å². The molecule has 0 aromatic heterocycles. The van der Waals surface area contributed by atoms with Gasteiger partial charge in [-0.3, -0.25) is 4.90 Å². The summed E-state index contributed by atoms with van der Waals surface area (Å²) >= 11 is 2.11. The average molecular weight is 255 g/mol. The van der Waals surface area contributed by atoms with Gasteiger partial charge in [0.25, 0.3) is 0 Å². The molecule has 4 heteroatoms. The zero-order chi connectivity index (χ0) is 11.9. The first-order valence-corrected chi connectivity index (χ1v) is 8.18. The predicted molar refractivity (Wildman–Crippen MR) is 74.4 cm³/mol. The molecule has 2 N–H and O–H groups in total. The number of nitrogens with two attached hydrogens (primary N) is 1. The monoisotopic (exact) mass is 255 g/mol. The lowest BCUT2D eigenvalue weighted by atomic mass is 9.76. The Hall–Kier alpha value is 0.230. The smallest absolute Gasteiger partial charge is 0.0388 e. The van der Waals surface area contributed by atoms with Crippen LogP contribution in [0.25, 0.3) is 0 Å². The van der Waals surface area contributed by atoms with Gasteiger partial charge in [0.05, 0.1) is 0 Å². The molecule has 0 aromatic carbocycles. The molecule has 3 saturated heterocycles. The van der Waals surface area contributed by atoms with E-state index in [1.54, 1.807) is 0 Å². The summed E-state index contributed by atoms with van der Waals surface area (Å²) in [7, 11) is 0. The minimum absolute atomic E-state index is 0.327. The van der Waals surface area contributed by atoms with Gasteiger partial charge in [0.2, 0.25) is 0 Å². The lowest BCUT2D eigenvalue weighted by molar-refractivity contribution is -0.00960. The third kappa shape index (κ3) is 1.93. The van der Waals surface area contributed by atoms with Crippen LogP contribution in [0.2, 0.25) is 0 Å². The van der Waals surface area contributed by atoms with Gasteiger partial charge >= 0.3 is 0 Å². The van der Waals surface area contributed by atoms with Gasteiger partial charge in [-0.25, -0.2) is 0 Å². The molecule has 98 valence electrons. The molecular weight excluding hydrogens is 230 g/mol. The quantitative estimate of drug-likeness (QED) is 0.793. The van der Waals surface area contributed by atoms with Gasteiger partial charge in [-0.15, -0.1) is 0 Å². The SMILES string of the molecule is CC1CSCCN1C1(CN)CCN2CCC1C2. The molecule has 0 spiro atoms. The van der Waals surface area contributed by atoms with Gasteiger partial charge < -0.3 is 10.6 Å². The lowest BCUT2D eigenvalue weighted by Crippen LogP contribution is -2.66. The molecule has 2 bridgehead atoms. The predicted octanol–water partition coefficient (Wildman–Crippen LogP) is 0.847. The molecule has 0 saturated carbocycles. The van der Waals surface area contributed by atoms with Gasteiger partial charge in [0, 0.05) is 42.7 Å². The van der Waals surface area contributed by atoms with Crippen molar-refractivity contribution in [3.63, 3.8) is 0 Å². The van der Waals surface area contributed by atoms with Crippen LogP contribution in [0.4, 0.5) is 0 Å². The van der Waals surface area contributed by atoms with Crippen molar-refractivity contribution < 1.29 is 0 Å². The first-order valence-electron chi connectivity index (χ1n) is 7.03. The number of hydrogen-bond donors (Lipinski definition) is 1. The highest BCUT2D eigenvalue weighted by Crippen LogP contribution is 2.41. The maximum Gasteiger partial charge on any atom is 0.0388 e. The topological polar surface area (TPSA) is 32.5 Å². The zero-order valence-electron chi connectivity index (χ0n) is 10.9. The van der Waals surface area contributed by atoms with Crippen LogP contribution in [0.1, 0.15) is 19.8 Å². The zero-order valence-corrected chi connectivity index (χ0v) is 11.7. The summed E-state index contributed by atoms with van der Waals surface area (Å²) < 4.78 is 0. The Labute approximate surface area is 109 Å². The molecule has 0 aromatic rings. The van der Waals surface area contributed by atoms with E-state index in [1.165, 1.54) is 50.5 Å². The summed E-state index contributed by atoms with van der Waals surface area (Å²) in [5, 5.41) is 0. The van der Waals surface area contributed by atoms with Crippen LogP contribution in [0, 0.1) is 5.92 Å². The maximum atomic E-state index is 6.25. The number of rotatable bonds is 2. The molecule has 0 aliphatic carbocycles. The van der Waals surface area contributed by atoms with Gasteiger partial charge in [-0.2, -0.15) is 11.8 Å². The Morgan fingerprint density at radius 1 is 1.35 bits per heavy atom. The summed E-state index contributed by atoms with van der Waals surface area (Å²) in [5.41, 5.74) is 6.58. The molecule has 4 atom stereocenters. The number of hydrogen-bond acceptors (Lipinski definition) is 4. The van der Waals surface area contributed by atoms with Crippen LogP contribution in [0.3, 0.4) is 0 Å². The number of piperidine rings is 1. The third-order valence-corrected chi connectivity index (χ3v) is 6.38. The average Bonchev–Trinajstić information content (AvgIpc) is 2.76. The summed E-state index contributed by atoms with van der Waals surface area (Å²) in [5.74, 6) is 3.41. The molecule has 3 rings (SSSR count). The van der Waals surface area contributed by atoms with Gasteiger partial charge in [-0.05, 0) is 38.8 Å². The van der Waals surface area contributed by atoms with Crippen molar-refractivity contribution in [2.24, 2.45) is 11.7 Å². The second kappa shape index (κ2) is 4.72. The summed E-state index contributed by atoms with van der Waals surface area (Å²) in [4.78, 5) is 5.40. The van der Waals surface area contributed by atoms with E-state index in [0.29, 0.717) is 11.6 Å². The minimum Gasteiger partial charge on any atom is -0.329 e. The first kappa shape index (κ1) is 12.3. The van der Waals surface area contributed by atoms with E-state index in [4.69, 9.17) is 5.73 Å². The van der Waals surface area contributed by atoms with Crippen molar-refractivity contribution in [2.45, 2.75) is 31.3 Å². The highest BCUT2D eigenvalue weighted by atomic mass is 32.2. The van der Waals surface area contributed by atoms with E-state index in [-0.39, 0.29) is 0 Å². The van der Waals surface area contributed by atoms with Crippen molar-refractivity contribution in [1.82, 2.24) is 9.80 Å². The number of nitrogens with zero attached hydrogens (tertiary/aromatic N) is 2. The molecular formula is C13H25N3S. The van der Waals surface area contributed by atoms with Gasteiger partial charge in [-0.1, -0.05) is 0 Å². The van der Waals surface area contributed by atoms with Crippen LogP contribution in [0.15, 0.2) is 0 Å². The first-order chi connectivity index (χ1) is 8.26. The second-order valence-electron chi connectivity index (χ2n) is 5.96. The number of thioether (sulfide) groups is 1. The third-order valence-electron chi connectivity index (χ3n) is 5.19. The molecule has 0 radical (unpaired) electrons. The standard InChI is InChI=1S/C13H25N3S/c1-11-9-17-7-6-16(11)13(10-14)3-5-15-4-2-12(13)8-15/h11-12H,2-10,14H2,1H3. The summed E-state index contributed by atoms with van der Waals surface area (Å²) in [6.07, 6.45) is 2.66. The Balaban J connectivity index is 1.84. The highest BCUT2D eigenvalue weighted by Gasteiger charge is 2.50. The lowest BCUT2D eigenvalue weighted by Gasteiger charge is -2.53. The van der Waals surface area contributed by atoms with Crippen LogP contribution >= 0.6 is 11.8 Å². The van der Waals surface area contributed by atoms with Gasteiger partial charge in [0.15, 0.2) is 0 Å². The molecule has 3 aliphatic rings. The fraction of sp³-hybridized carbons (Fsp3) is 1.00. The largest absolute Gasteiger partial charge is 0.329 e. The summed E-state index contributed by atoms with van der Waals surface area (Å²) in [6.45, 7) is 8.38. The van der Waals surface area contributed by atoms with Crippen molar-refractivity contribution in [1.29, 1.82) is 0 Å². The normalized spacial score (nSPS) is 47.3. The Morgan fingerprint density at radius 3 is 3.00 bits per heavy atom. The van der Waals surface area contributed by atoms with E-state index in [1.807, 2.05) is 0 Å². The molecule has 3 heterocycles. The summed E-state index contributed by atoms with van der Waals surface area (Å²) in [6, 6.07) is 0.712. The van der Waals surface area contributed by atoms with Crippen molar-refractivity contribution in [2.75, 3.05) is 44.2 Å². The van der Waals surface area contributed by atoms with Crippen LogP contribution in [-0.4, -0.2) is 65.6 Å². The van der Waals surface area contributed by atoms with Crippen LogP contribution in [-0.2, 0) is 0 Å². The fourth-order valence-corrected chi connectivity index (χ4v) is 5.20. The van der Waals surface area contributed by atoms with Crippen molar-refractivity contribution >= 4 is 11.8 Å².